The number of carbonyl (C=O) groups excluding carboxylic acids is 1. The molecule has 0 unspecified atom stereocenters. The Kier molecular flexibility index (Phi) is 3.89. The Bertz CT molecular complexity index is 587. The lowest BCUT2D eigenvalue weighted by Gasteiger charge is -2.22. The second-order valence-corrected chi connectivity index (χ2v) is 6.54. The Morgan fingerprint density at radius 3 is 2.32 bits per heavy atom. The van der Waals surface area contributed by atoms with Crippen molar-refractivity contribution >= 4 is 11.8 Å². The monoisotopic (exact) mass is 316 g/mol. The molecule has 122 valence electrons. The minimum Gasteiger partial charge on any atom is -0.444 e. The van der Waals surface area contributed by atoms with Crippen molar-refractivity contribution in [3.63, 3.8) is 0 Å². The number of alkyl halides is 3. The highest BCUT2D eigenvalue weighted by Crippen LogP contribution is 2.47. The second kappa shape index (κ2) is 5.15. The van der Waals surface area contributed by atoms with Gasteiger partial charge >= 0.3 is 12.3 Å². The third kappa shape index (κ3) is 3.91. The minimum absolute atomic E-state index is 0.0454. The molecule has 4 nitrogen and oxygen atoms in total. The van der Waals surface area contributed by atoms with Crippen molar-refractivity contribution in [2.75, 3.05) is 5.32 Å². The van der Waals surface area contributed by atoms with Crippen LogP contribution in [0.25, 0.3) is 0 Å². The highest BCUT2D eigenvalue weighted by Gasteiger charge is 2.43. The molecule has 3 N–H and O–H groups in total. The van der Waals surface area contributed by atoms with Gasteiger partial charge in [-0.1, -0.05) is 6.07 Å². The van der Waals surface area contributed by atoms with E-state index in [4.69, 9.17) is 10.5 Å². The van der Waals surface area contributed by atoms with Crippen LogP contribution in [0.1, 0.15) is 44.7 Å². The average molecular weight is 316 g/mol. The third-order valence-electron chi connectivity index (χ3n) is 3.31. The van der Waals surface area contributed by atoms with Gasteiger partial charge in [0.1, 0.15) is 5.60 Å². The molecule has 0 radical (unpaired) electrons. The van der Waals surface area contributed by atoms with Gasteiger partial charge in [0, 0.05) is 11.2 Å². The summed E-state index contributed by atoms with van der Waals surface area (Å²) in [5.74, 6) is 0. The molecular formula is C15H19F3N2O2. The first-order valence-electron chi connectivity index (χ1n) is 6.91. The van der Waals surface area contributed by atoms with E-state index in [1.54, 1.807) is 20.8 Å². The molecule has 7 heteroatoms. The first-order chi connectivity index (χ1) is 9.91. The molecule has 0 aromatic heterocycles. The number of ether oxygens (including phenoxy) is 1. The molecule has 0 atom stereocenters. The summed E-state index contributed by atoms with van der Waals surface area (Å²) in [6, 6.07) is 3.19. The molecule has 0 saturated heterocycles. The van der Waals surface area contributed by atoms with Crippen LogP contribution in [0.15, 0.2) is 18.2 Å². The molecule has 1 saturated carbocycles. The van der Waals surface area contributed by atoms with E-state index in [9.17, 15) is 18.0 Å². The number of nitrogens with two attached hydrogens (primary N) is 1. The summed E-state index contributed by atoms with van der Waals surface area (Å²) in [4.78, 5) is 11.8. The van der Waals surface area contributed by atoms with Crippen LogP contribution in [-0.2, 0) is 16.5 Å². The van der Waals surface area contributed by atoms with Crippen LogP contribution in [0.5, 0.6) is 0 Å². The lowest BCUT2D eigenvalue weighted by molar-refractivity contribution is -0.137. The third-order valence-corrected chi connectivity index (χ3v) is 3.31. The number of anilines is 1. The van der Waals surface area contributed by atoms with Crippen molar-refractivity contribution in [2.24, 2.45) is 5.73 Å². The number of halogens is 3. The van der Waals surface area contributed by atoms with Crippen LogP contribution in [0, 0.1) is 0 Å². The van der Waals surface area contributed by atoms with Crippen LogP contribution < -0.4 is 11.1 Å². The molecule has 1 amide bonds. The zero-order valence-corrected chi connectivity index (χ0v) is 12.7. The number of hydrogen-bond acceptors (Lipinski definition) is 3. The molecule has 2 rings (SSSR count). The zero-order chi connectivity index (χ0) is 16.8. The van der Waals surface area contributed by atoms with Gasteiger partial charge in [0.25, 0.3) is 0 Å². The van der Waals surface area contributed by atoms with Crippen molar-refractivity contribution in [3.8, 4) is 0 Å². The topological polar surface area (TPSA) is 64.3 Å². The minimum atomic E-state index is -4.49. The molecule has 0 heterocycles. The predicted octanol–water partition coefficient (Wildman–Crippen LogP) is 4.00. The number of rotatable bonds is 2. The zero-order valence-electron chi connectivity index (χ0n) is 12.7. The first-order valence-corrected chi connectivity index (χ1v) is 6.91. The number of nitrogens with one attached hydrogen (secondary N) is 1. The smallest absolute Gasteiger partial charge is 0.416 e. The molecule has 0 bridgehead atoms. The van der Waals surface area contributed by atoms with Gasteiger partial charge in [0.2, 0.25) is 0 Å². The summed E-state index contributed by atoms with van der Waals surface area (Å²) >= 11 is 0. The predicted molar refractivity (Wildman–Crippen MR) is 76.4 cm³/mol. The fraction of sp³-hybridized carbons (Fsp3) is 0.533. The maximum atomic E-state index is 12.8. The van der Waals surface area contributed by atoms with E-state index in [0.717, 1.165) is 12.1 Å². The Morgan fingerprint density at radius 1 is 1.27 bits per heavy atom. The standard InChI is InChI=1S/C15H19F3N2O2/c1-13(2,3)22-12(21)20-11-8-9(15(16,17)18)4-5-10(11)14(19)6-7-14/h4-5,8H,6-7,19H2,1-3H3,(H,20,21). The largest absolute Gasteiger partial charge is 0.444 e. The van der Waals surface area contributed by atoms with Crippen molar-refractivity contribution in [1.82, 2.24) is 0 Å². The van der Waals surface area contributed by atoms with Gasteiger partial charge < -0.3 is 10.5 Å². The first kappa shape index (κ1) is 16.6. The van der Waals surface area contributed by atoms with E-state index < -0.39 is 29.0 Å². The fourth-order valence-electron chi connectivity index (χ4n) is 2.08. The molecular weight excluding hydrogens is 297 g/mol. The second-order valence-electron chi connectivity index (χ2n) is 6.54. The van der Waals surface area contributed by atoms with Gasteiger partial charge in [-0.15, -0.1) is 0 Å². The summed E-state index contributed by atoms with van der Waals surface area (Å²) in [7, 11) is 0. The van der Waals surface area contributed by atoms with Crippen molar-refractivity contribution < 1.29 is 22.7 Å². The van der Waals surface area contributed by atoms with E-state index >= 15 is 0 Å². The van der Waals surface area contributed by atoms with Crippen molar-refractivity contribution in [3.05, 3.63) is 29.3 Å². The maximum absolute atomic E-state index is 12.8. The van der Waals surface area contributed by atoms with Gasteiger partial charge in [-0.2, -0.15) is 13.2 Å². The summed E-state index contributed by atoms with van der Waals surface area (Å²) in [5, 5.41) is 2.38. The molecule has 1 aliphatic rings. The van der Waals surface area contributed by atoms with Gasteiger partial charge in [0.15, 0.2) is 0 Å². The molecule has 1 aromatic rings. The average Bonchev–Trinajstić information content (AvgIpc) is 3.04. The molecule has 1 fully saturated rings. The molecule has 0 spiro atoms. The lowest BCUT2D eigenvalue weighted by atomic mass is 10.0. The van der Waals surface area contributed by atoms with E-state index in [2.05, 4.69) is 5.32 Å². The van der Waals surface area contributed by atoms with Gasteiger partial charge in [-0.3, -0.25) is 5.32 Å². The van der Waals surface area contributed by atoms with Gasteiger partial charge in [-0.05, 0) is 51.3 Å². The lowest BCUT2D eigenvalue weighted by Crippen LogP contribution is -2.29. The SMILES string of the molecule is CC(C)(C)OC(=O)Nc1cc(C(F)(F)F)ccc1C1(N)CC1. The van der Waals surface area contributed by atoms with Crippen LogP contribution in [-0.4, -0.2) is 11.7 Å². The number of benzene rings is 1. The molecule has 0 aliphatic heterocycles. The molecule has 1 aromatic carbocycles. The van der Waals surface area contributed by atoms with E-state index in [0.29, 0.717) is 18.4 Å². The Labute approximate surface area is 126 Å². The normalized spacial score (nSPS) is 17.0. The quantitative estimate of drug-likeness (QED) is 0.867. The van der Waals surface area contributed by atoms with Gasteiger partial charge in [0.05, 0.1) is 5.56 Å². The van der Waals surface area contributed by atoms with Crippen LogP contribution >= 0.6 is 0 Å². The Balaban J connectivity index is 2.32. The summed E-state index contributed by atoms with van der Waals surface area (Å²) in [5.41, 5.74) is 4.34. The van der Waals surface area contributed by atoms with Crippen molar-refractivity contribution in [2.45, 2.75) is 50.9 Å². The van der Waals surface area contributed by atoms with Gasteiger partial charge in [-0.25, -0.2) is 4.79 Å². The maximum Gasteiger partial charge on any atom is 0.416 e. The van der Waals surface area contributed by atoms with Crippen LogP contribution in [0.3, 0.4) is 0 Å². The Hall–Kier alpha value is -1.76. The number of carbonyl (C=O) groups is 1. The highest BCUT2D eigenvalue weighted by molar-refractivity contribution is 5.86. The number of amides is 1. The molecule has 22 heavy (non-hydrogen) atoms. The fourth-order valence-corrected chi connectivity index (χ4v) is 2.08. The van der Waals surface area contributed by atoms with Crippen LogP contribution in [0.4, 0.5) is 23.7 Å². The summed E-state index contributed by atoms with van der Waals surface area (Å²) in [6.45, 7) is 5.01. The molecule has 1 aliphatic carbocycles. The Morgan fingerprint density at radius 2 is 1.86 bits per heavy atom. The van der Waals surface area contributed by atoms with E-state index in [1.807, 2.05) is 0 Å². The van der Waals surface area contributed by atoms with Crippen LogP contribution in [0.2, 0.25) is 0 Å². The van der Waals surface area contributed by atoms with E-state index in [1.165, 1.54) is 6.07 Å². The number of hydrogen-bond donors (Lipinski definition) is 2. The highest BCUT2D eigenvalue weighted by atomic mass is 19.4. The summed E-state index contributed by atoms with van der Waals surface area (Å²) < 4.78 is 43.6. The summed E-state index contributed by atoms with van der Waals surface area (Å²) in [6.07, 6.45) is -3.96. The van der Waals surface area contributed by atoms with E-state index in [-0.39, 0.29) is 5.69 Å². The van der Waals surface area contributed by atoms with Crippen molar-refractivity contribution in [1.29, 1.82) is 0 Å².